The molecule has 4 heteroatoms. The molecule has 0 atom stereocenters. The van der Waals surface area contributed by atoms with Crippen LogP contribution in [-0.2, 0) is 5.54 Å². The van der Waals surface area contributed by atoms with Crippen LogP contribution >= 0.6 is 12.2 Å². The first-order valence-corrected chi connectivity index (χ1v) is 7.27. The van der Waals surface area contributed by atoms with Gasteiger partial charge in [-0.15, -0.1) is 0 Å². The van der Waals surface area contributed by atoms with Gasteiger partial charge in [0.05, 0.1) is 10.8 Å². The van der Waals surface area contributed by atoms with Crippen molar-refractivity contribution in [3.05, 3.63) is 29.8 Å². The molecule has 1 aromatic carbocycles. The summed E-state index contributed by atoms with van der Waals surface area (Å²) in [5.74, 6) is 0. The number of nitrogens with zero attached hydrogens (tertiary/aromatic N) is 3. The number of hydrogen-bond acceptors (Lipinski definition) is 4. The van der Waals surface area contributed by atoms with E-state index in [4.69, 9.17) is 0 Å². The van der Waals surface area contributed by atoms with E-state index in [-0.39, 0.29) is 0 Å². The number of isothiocyanates is 1. The zero-order valence-electron chi connectivity index (χ0n) is 11.3. The van der Waals surface area contributed by atoms with Crippen molar-refractivity contribution in [2.45, 2.75) is 18.4 Å². The first-order valence-electron chi connectivity index (χ1n) is 6.87. The third-order valence-corrected chi connectivity index (χ3v) is 4.50. The Labute approximate surface area is 119 Å². The molecule has 1 saturated heterocycles. The molecule has 1 aliphatic carbocycles. The van der Waals surface area contributed by atoms with Crippen molar-refractivity contribution < 1.29 is 0 Å². The van der Waals surface area contributed by atoms with Gasteiger partial charge in [-0.3, -0.25) is 4.90 Å². The second kappa shape index (κ2) is 5.14. The maximum atomic E-state index is 4.64. The van der Waals surface area contributed by atoms with Gasteiger partial charge in [-0.1, -0.05) is 12.1 Å². The Hall–Kier alpha value is -1.06. The molecule has 0 amide bonds. The molecule has 0 aromatic heterocycles. The van der Waals surface area contributed by atoms with Gasteiger partial charge in [0.1, 0.15) is 0 Å². The van der Waals surface area contributed by atoms with Crippen molar-refractivity contribution >= 4 is 23.1 Å². The lowest BCUT2D eigenvalue weighted by atomic mass is 10.0. The fourth-order valence-electron chi connectivity index (χ4n) is 3.04. The van der Waals surface area contributed by atoms with Gasteiger partial charge in [0.2, 0.25) is 0 Å². The van der Waals surface area contributed by atoms with E-state index in [9.17, 15) is 0 Å². The molecule has 19 heavy (non-hydrogen) atoms. The quantitative estimate of drug-likeness (QED) is 0.623. The predicted octanol–water partition coefficient (Wildman–Crippen LogP) is 2.66. The maximum Gasteiger partial charge on any atom is 0.0739 e. The summed E-state index contributed by atoms with van der Waals surface area (Å²) in [7, 11) is 2.20. The Morgan fingerprint density at radius 2 is 1.74 bits per heavy atom. The summed E-state index contributed by atoms with van der Waals surface area (Å²) in [6, 6.07) is 8.50. The number of benzene rings is 1. The van der Waals surface area contributed by atoms with E-state index in [1.165, 1.54) is 44.6 Å². The minimum atomic E-state index is 0.307. The summed E-state index contributed by atoms with van der Waals surface area (Å²) < 4.78 is 0. The smallest absolute Gasteiger partial charge is 0.0739 e. The lowest BCUT2D eigenvalue weighted by Crippen LogP contribution is -2.49. The van der Waals surface area contributed by atoms with Gasteiger partial charge in [0, 0.05) is 31.7 Å². The molecule has 0 N–H and O–H groups in total. The molecule has 2 fully saturated rings. The maximum absolute atomic E-state index is 4.64. The van der Waals surface area contributed by atoms with Gasteiger partial charge in [-0.25, -0.2) is 0 Å². The second-order valence-corrected chi connectivity index (χ2v) is 5.75. The predicted molar refractivity (Wildman–Crippen MR) is 81.1 cm³/mol. The first kappa shape index (κ1) is 12.9. The highest BCUT2D eigenvalue weighted by Crippen LogP contribution is 2.51. The third-order valence-electron chi connectivity index (χ3n) is 4.41. The van der Waals surface area contributed by atoms with Crippen molar-refractivity contribution in [1.82, 2.24) is 9.80 Å². The SMILES string of the molecule is CN1CCN(C2(c3ccc(N=C=S)cc3)CC2)CC1. The molecule has 3 rings (SSSR count). The van der Waals surface area contributed by atoms with E-state index in [1.807, 2.05) is 12.1 Å². The van der Waals surface area contributed by atoms with Crippen molar-refractivity contribution in [1.29, 1.82) is 0 Å². The Morgan fingerprint density at radius 3 is 2.26 bits per heavy atom. The van der Waals surface area contributed by atoms with Crippen LogP contribution in [-0.4, -0.2) is 48.2 Å². The topological polar surface area (TPSA) is 18.8 Å². The molecule has 3 nitrogen and oxygen atoms in total. The van der Waals surface area contributed by atoms with Crippen LogP contribution in [0.1, 0.15) is 18.4 Å². The third kappa shape index (κ3) is 2.49. The Morgan fingerprint density at radius 1 is 1.11 bits per heavy atom. The number of likely N-dealkylation sites (N-methyl/N-ethyl adjacent to an activating group) is 1. The van der Waals surface area contributed by atoms with Gasteiger partial charge in [-0.2, -0.15) is 4.99 Å². The van der Waals surface area contributed by atoms with Gasteiger partial charge in [-0.05, 0) is 49.8 Å². The molecule has 1 aromatic rings. The van der Waals surface area contributed by atoms with Crippen LogP contribution in [0.2, 0.25) is 0 Å². The summed E-state index contributed by atoms with van der Waals surface area (Å²) in [5, 5.41) is 2.42. The van der Waals surface area contributed by atoms with Crippen molar-refractivity contribution in [3.63, 3.8) is 0 Å². The van der Waals surface area contributed by atoms with Crippen molar-refractivity contribution in [2.75, 3.05) is 33.2 Å². The van der Waals surface area contributed by atoms with Gasteiger partial charge in [0.25, 0.3) is 0 Å². The lowest BCUT2D eigenvalue weighted by molar-refractivity contribution is 0.0976. The minimum Gasteiger partial charge on any atom is -0.304 e. The largest absolute Gasteiger partial charge is 0.304 e. The number of thiocarbonyl (C=S) groups is 1. The second-order valence-electron chi connectivity index (χ2n) is 5.57. The Balaban J connectivity index is 1.78. The van der Waals surface area contributed by atoms with Crippen LogP contribution in [0.5, 0.6) is 0 Å². The zero-order valence-corrected chi connectivity index (χ0v) is 12.1. The Kier molecular flexibility index (Phi) is 3.50. The van der Waals surface area contributed by atoms with Crippen molar-refractivity contribution in [3.8, 4) is 0 Å². The minimum absolute atomic E-state index is 0.307. The van der Waals surface area contributed by atoms with E-state index < -0.39 is 0 Å². The summed E-state index contributed by atoms with van der Waals surface area (Å²) in [4.78, 5) is 9.08. The van der Waals surface area contributed by atoms with Crippen molar-refractivity contribution in [2.24, 2.45) is 4.99 Å². The molecule has 1 heterocycles. The molecule has 0 radical (unpaired) electrons. The fraction of sp³-hybridized carbons (Fsp3) is 0.533. The molecular weight excluding hydrogens is 254 g/mol. The summed E-state index contributed by atoms with van der Waals surface area (Å²) in [6.07, 6.45) is 2.57. The average molecular weight is 273 g/mol. The molecular formula is C15H19N3S. The molecule has 100 valence electrons. The molecule has 0 unspecified atom stereocenters. The highest BCUT2D eigenvalue weighted by molar-refractivity contribution is 7.78. The van der Waals surface area contributed by atoms with Crippen LogP contribution in [0.4, 0.5) is 5.69 Å². The summed E-state index contributed by atoms with van der Waals surface area (Å²) >= 11 is 4.64. The number of piperazine rings is 1. The molecule has 0 spiro atoms. The van der Waals surface area contributed by atoms with E-state index >= 15 is 0 Å². The molecule has 2 aliphatic rings. The molecule has 0 bridgehead atoms. The number of aliphatic imine (C=N–C) groups is 1. The van der Waals surface area contributed by atoms with Gasteiger partial charge in [0.15, 0.2) is 0 Å². The highest BCUT2D eigenvalue weighted by Gasteiger charge is 2.49. The summed E-state index contributed by atoms with van der Waals surface area (Å²) in [5.41, 5.74) is 2.63. The van der Waals surface area contributed by atoms with Crippen LogP contribution in [0, 0.1) is 0 Å². The van der Waals surface area contributed by atoms with E-state index in [2.05, 4.69) is 51.4 Å². The average Bonchev–Trinajstić information content (AvgIpc) is 3.22. The number of hydrogen-bond donors (Lipinski definition) is 0. The van der Waals surface area contributed by atoms with E-state index in [0.29, 0.717) is 5.54 Å². The molecule has 1 saturated carbocycles. The van der Waals surface area contributed by atoms with E-state index in [1.54, 1.807) is 0 Å². The van der Waals surface area contributed by atoms with Gasteiger partial charge < -0.3 is 4.90 Å². The normalized spacial score (nSPS) is 22.8. The summed E-state index contributed by atoms with van der Waals surface area (Å²) in [6.45, 7) is 4.71. The number of rotatable bonds is 3. The van der Waals surface area contributed by atoms with Crippen LogP contribution in [0.25, 0.3) is 0 Å². The monoisotopic (exact) mass is 273 g/mol. The molecule has 1 aliphatic heterocycles. The highest BCUT2D eigenvalue weighted by atomic mass is 32.1. The van der Waals surface area contributed by atoms with Crippen LogP contribution in [0.3, 0.4) is 0 Å². The van der Waals surface area contributed by atoms with Gasteiger partial charge >= 0.3 is 0 Å². The van der Waals surface area contributed by atoms with E-state index in [0.717, 1.165) is 5.69 Å². The fourth-order valence-corrected chi connectivity index (χ4v) is 3.14. The standard InChI is InChI=1S/C15H19N3S/c1-17-8-10-18(11-9-17)15(6-7-15)13-2-4-14(5-3-13)16-12-19/h2-5H,6-11H2,1H3. The van der Waals surface area contributed by atoms with Crippen LogP contribution in [0.15, 0.2) is 29.3 Å². The lowest BCUT2D eigenvalue weighted by Gasteiger charge is -2.38. The Bertz CT molecular complexity index is 493. The zero-order chi connectivity index (χ0) is 13.3. The first-order chi connectivity index (χ1) is 9.24. The van der Waals surface area contributed by atoms with Crippen LogP contribution < -0.4 is 0 Å².